The molecule has 1 aliphatic heterocycles. The summed E-state index contributed by atoms with van der Waals surface area (Å²) in [4.78, 5) is 24.6. The third-order valence-corrected chi connectivity index (χ3v) is 5.89. The molecule has 31 heavy (non-hydrogen) atoms. The van der Waals surface area contributed by atoms with E-state index in [-0.39, 0.29) is 5.56 Å². The van der Waals surface area contributed by atoms with Crippen molar-refractivity contribution < 1.29 is 0 Å². The minimum Gasteiger partial charge on any atom is -0.299 e. The van der Waals surface area contributed by atoms with Crippen molar-refractivity contribution in [1.82, 2.24) is 28.9 Å². The summed E-state index contributed by atoms with van der Waals surface area (Å²) in [7, 11) is 0. The van der Waals surface area contributed by atoms with Crippen LogP contribution in [0.4, 0.5) is 0 Å². The van der Waals surface area contributed by atoms with E-state index >= 15 is 0 Å². The first-order valence-electron chi connectivity index (χ1n) is 10.8. The average molecular weight is 415 g/mol. The van der Waals surface area contributed by atoms with Crippen LogP contribution in [0.25, 0.3) is 28.1 Å². The van der Waals surface area contributed by atoms with Gasteiger partial charge in [-0.3, -0.25) is 19.1 Å². The van der Waals surface area contributed by atoms with Crippen LogP contribution in [0.2, 0.25) is 0 Å². The molecule has 0 aromatic carbocycles. The van der Waals surface area contributed by atoms with Crippen LogP contribution in [0.5, 0.6) is 0 Å². The molecule has 7 nitrogen and oxygen atoms in total. The third kappa shape index (κ3) is 3.65. The normalized spacial score (nSPS) is 15.0. The predicted molar refractivity (Wildman–Crippen MR) is 122 cm³/mol. The largest absolute Gasteiger partial charge is 0.299 e. The van der Waals surface area contributed by atoms with E-state index in [0.29, 0.717) is 17.0 Å². The SMILES string of the molecule is CCCN1CC=C(c2ccc3nc(-c4cc5c(C)nc(C)cn5n4)cc(=O)n3c2)CC1. The summed E-state index contributed by atoms with van der Waals surface area (Å²) in [5, 5.41) is 4.62. The topological polar surface area (TPSA) is 67.8 Å². The third-order valence-electron chi connectivity index (χ3n) is 5.89. The molecule has 158 valence electrons. The molecule has 0 fully saturated rings. The molecule has 4 aromatic rings. The van der Waals surface area contributed by atoms with Gasteiger partial charge >= 0.3 is 0 Å². The van der Waals surface area contributed by atoms with Gasteiger partial charge in [-0.1, -0.05) is 13.0 Å². The molecule has 7 heteroatoms. The van der Waals surface area contributed by atoms with E-state index in [1.54, 1.807) is 15.0 Å². The van der Waals surface area contributed by atoms with E-state index in [9.17, 15) is 4.79 Å². The van der Waals surface area contributed by atoms with Gasteiger partial charge in [0.05, 0.1) is 28.8 Å². The van der Waals surface area contributed by atoms with Gasteiger partial charge in [0.1, 0.15) is 11.3 Å². The summed E-state index contributed by atoms with van der Waals surface area (Å²) in [5.41, 5.74) is 6.87. The Balaban J connectivity index is 1.52. The molecule has 0 radical (unpaired) electrons. The van der Waals surface area contributed by atoms with Gasteiger partial charge in [-0.2, -0.15) is 5.10 Å². The Morgan fingerprint density at radius 2 is 1.94 bits per heavy atom. The fraction of sp³-hybridized carbons (Fsp3) is 0.333. The number of hydrogen-bond acceptors (Lipinski definition) is 5. The highest BCUT2D eigenvalue weighted by Gasteiger charge is 2.15. The van der Waals surface area contributed by atoms with Gasteiger partial charge in [0.15, 0.2) is 0 Å². The Morgan fingerprint density at radius 3 is 2.71 bits per heavy atom. The molecule has 0 atom stereocenters. The van der Waals surface area contributed by atoms with Crippen molar-refractivity contribution in [2.24, 2.45) is 0 Å². The summed E-state index contributed by atoms with van der Waals surface area (Å²) in [6, 6.07) is 7.48. The maximum absolute atomic E-state index is 12.9. The van der Waals surface area contributed by atoms with Gasteiger partial charge in [0.25, 0.3) is 5.56 Å². The molecule has 0 saturated carbocycles. The highest BCUT2D eigenvalue weighted by atomic mass is 16.1. The quantitative estimate of drug-likeness (QED) is 0.511. The van der Waals surface area contributed by atoms with Crippen LogP contribution in [0.1, 0.15) is 36.7 Å². The van der Waals surface area contributed by atoms with Gasteiger partial charge in [0, 0.05) is 25.4 Å². The first kappa shape index (κ1) is 19.6. The van der Waals surface area contributed by atoms with E-state index < -0.39 is 0 Å². The van der Waals surface area contributed by atoms with Gasteiger partial charge in [-0.25, -0.2) is 9.50 Å². The predicted octanol–water partition coefficient (Wildman–Crippen LogP) is 3.52. The zero-order chi connectivity index (χ0) is 21.5. The van der Waals surface area contributed by atoms with Crippen molar-refractivity contribution in [3.8, 4) is 11.4 Å². The molecule has 0 spiro atoms. The molecule has 5 heterocycles. The van der Waals surface area contributed by atoms with E-state index in [4.69, 9.17) is 4.98 Å². The molecule has 1 aliphatic rings. The van der Waals surface area contributed by atoms with E-state index in [1.165, 1.54) is 12.0 Å². The monoisotopic (exact) mass is 414 g/mol. The lowest BCUT2D eigenvalue weighted by Gasteiger charge is -2.26. The lowest BCUT2D eigenvalue weighted by Crippen LogP contribution is -2.29. The number of aromatic nitrogens is 5. The fourth-order valence-electron chi connectivity index (χ4n) is 4.33. The maximum Gasteiger partial charge on any atom is 0.258 e. The van der Waals surface area contributed by atoms with E-state index in [2.05, 4.69) is 34.0 Å². The van der Waals surface area contributed by atoms with Gasteiger partial charge in [-0.15, -0.1) is 0 Å². The van der Waals surface area contributed by atoms with E-state index in [1.807, 2.05) is 38.4 Å². The Morgan fingerprint density at radius 1 is 1.06 bits per heavy atom. The van der Waals surface area contributed by atoms with Crippen molar-refractivity contribution in [2.45, 2.75) is 33.6 Å². The summed E-state index contributed by atoms with van der Waals surface area (Å²) >= 11 is 0. The highest BCUT2D eigenvalue weighted by molar-refractivity contribution is 5.69. The fourth-order valence-corrected chi connectivity index (χ4v) is 4.33. The Hall–Kier alpha value is -3.32. The van der Waals surface area contributed by atoms with Gasteiger partial charge in [0.2, 0.25) is 0 Å². The maximum atomic E-state index is 12.9. The van der Waals surface area contributed by atoms with Gasteiger partial charge < -0.3 is 0 Å². The smallest absolute Gasteiger partial charge is 0.258 e. The van der Waals surface area contributed by atoms with Crippen molar-refractivity contribution in [3.63, 3.8) is 0 Å². The second-order valence-corrected chi connectivity index (χ2v) is 8.23. The van der Waals surface area contributed by atoms with Crippen molar-refractivity contribution in [1.29, 1.82) is 0 Å². The summed E-state index contributed by atoms with van der Waals surface area (Å²) in [5.74, 6) is 0. The molecule has 0 aliphatic carbocycles. The van der Waals surface area contributed by atoms with Crippen LogP contribution in [-0.4, -0.2) is 48.5 Å². The number of fused-ring (bicyclic) bond motifs is 2. The first-order chi connectivity index (χ1) is 15.0. The minimum absolute atomic E-state index is 0.103. The number of rotatable bonds is 4. The molecule has 0 amide bonds. The van der Waals surface area contributed by atoms with Crippen LogP contribution < -0.4 is 5.56 Å². The van der Waals surface area contributed by atoms with Gasteiger partial charge in [-0.05, 0) is 62.6 Å². The number of nitrogens with zero attached hydrogens (tertiary/aromatic N) is 6. The number of aryl methyl sites for hydroxylation is 2. The van der Waals surface area contributed by atoms with Crippen molar-refractivity contribution in [3.05, 3.63) is 70.0 Å². The Kier molecular flexibility index (Phi) is 4.90. The second kappa shape index (κ2) is 7.74. The minimum atomic E-state index is -0.103. The zero-order valence-electron chi connectivity index (χ0n) is 18.2. The van der Waals surface area contributed by atoms with Crippen LogP contribution in [0.3, 0.4) is 0 Å². The number of hydrogen-bond donors (Lipinski definition) is 0. The van der Waals surface area contributed by atoms with Crippen molar-refractivity contribution >= 4 is 16.7 Å². The lowest BCUT2D eigenvalue weighted by molar-refractivity contribution is 0.302. The lowest BCUT2D eigenvalue weighted by atomic mass is 10.0. The molecule has 0 unspecified atom stereocenters. The molecule has 0 bridgehead atoms. The molecule has 5 rings (SSSR count). The Labute approximate surface area is 180 Å². The molecule has 0 N–H and O–H groups in total. The molecule has 4 aromatic heterocycles. The van der Waals surface area contributed by atoms with E-state index in [0.717, 1.165) is 48.5 Å². The standard InChI is InChI=1S/C24H26N6O/c1-4-9-28-10-7-18(8-11-28)19-5-6-23-26-20(13-24(31)29(23)15-19)21-12-22-17(3)25-16(2)14-30(22)27-21/h5-7,12-15H,4,8-11H2,1-3H3. The van der Waals surface area contributed by atoms with Crippen LogP contribution in [0.15, 0.2) is 47.5 Å². The first-order valence-corrected chi connectivity index (χ1v) is 10.8. The van der Waals surface area contributed by atoms with Crippen molar-refractivity contribution in [2.75, 3.05) is 19.6 Å². The zero-order valence-corrected chi connectivity index (χ0v) is 18.2. The van der Waals surface area contributed by atoms with Crippen LogP contribution in [0, 0.1) is 13.8 Å². The van der Waals surface area contributed by atoms with Crippen LogP contribution >= 0.6 is 0 Å². The molecular weight excluding hydrogens is 388 g/mol. The summed E-state index contributed by atoms with van der Waals surface area (Å²) in [6.45, 7) is 9.27. The average Bonchev–Trinajstić information content (AvgIpc) is 3.19. The second-order valence-electron chi connectivity index (χ2n) is 8.23. The van der Waals surface area contributed by atoms with Crippen LogP contribution in [-0.2, 0) is 0 Å². The Bertz CT molecular complexity index is 1380. The molecule has 0 saturated heterocycles. The summed E-state index contributed by atoms with van der Waals surface area (Å²) < 4.78 is 3.43. The summed E-state index contributed by atoms with van der Waals surface area (Å²) in [6.07, 6.45) is 8.24. The molecular formula is C24H26N6O. The number of pyridine rings is 1. The highest BCUT2D eigenvalue weighted by Crippen LogP contribution is 2.23.